The van der Waals surface area contributed by atoms with E-state index in [9.17, 15) is 9.18 Å². The maximum Gasteiger partial charge on any atom is 0.233 e. The van der Waals surface area contributed by atoms with Crippen molar-refractivity contribution in [2.45, 2.75) is 20.8 Å². The van der Waals surface area contributed by atoms with Crippen LogP contribution in [0.5, 0.6) is 0 Å². The summed E-state index contributed by atoms with van der Waals surface area (Å²) in [4.78, 5) is 13.9. The Labute approximate surface area is 106 Å². The summed E-state index contributed by atoms with van der Waals surface area (Å²) < 4.78 is 12.8. The van der Waals surface area contributed by atoms with Crippen molar-refractivity contribution in [2.75, 3.05) is 17.3 Å². The molecule has 1 amide bonds. The van der Waals surface area contributed by atoms with E-state index < -0.39 is 5.41 Å². The van der Waals surface area contributed by atoms with Crippen LogP contribution in [0.4, 0.5) is 10.1 Å². The topological polar surface area (TPSA) is 20.3 Å². The summed E-state index contributed by atoms with van der Waals surface area (Å²) in [7, 11) is 0. The average molecular weight is 258 g/mol. The molecule has 0 aliphatic heterocycles. The average Bonchev–Trinajstić information content (AvgIpc) is 2.32. The van der Waals surface area contributed by atoms with Gasteiger partial charge in [0, 0.05) is 18.1 Å². The molecule has 0 saturated heterocycles. The number of carbonyl (C=O) groups is 1. The van der Waals surface area contributed by atoms with Gasteiger partial charge in [-0.15, -0.1) is 11.6 Å². The van der Waals surface area contributed by atoms with Crippen LogP contribution in [-0.4, -0.2) is 18.3 Å². The van der Waals surface area contributed by atoms with Crippen molar-refractivity contribution >= 4 is 23.2 Å². The van der Waals surface area contributed by atoms with Gasteiger partial charge in [-0.25, -0.2) is 4.39 Å². The lowest BCUT2D eigenvalue weighted by Gasteiger charge is -2.29. The van der Waals surface area contributed by atoms with Crippen molar-refractivity contribution in [3.05, 3.63) is 30.1 Å². The minimum atomic E-state index is -0.619. The zero-order valence-corrected chi connectivity index (χ0v) is 11.1. The van der Waals surface area contributed by atoms with Crippen molar-refractivity contribution in [3.8, 4) is 0 Å². The molecule has 1 aromatic carbocycles. The second kappa shape index (κ2) is 5.50. The van der Waals surface area contributed by atoms with Gasteiger partial charge in [-0.05, 0) is 45.0 Å². The lowest BCUT2D eigenvalue weighted by atomic mass is 9.94. The molecule has 1 aromatic rings. The van der Waals surface area contributed by atoms with Gasteiger partial charge >= 0.3 is 0 Å². The normalized spacial score (nSPS) is 11.4. The number of alkyl halides is 1. The van der Waals surface area contributed by atoms with Gasteiger partial charge in [0.2, 0.25) is 5.91 Å². The van der Waals surface area contributed by atoms with Gasteiger partial charge in [0.25, 0.3) is 0 Å². The van der Waals surface area contributed by atoms with E-state index >= 15 is 0 Å². The first kappa shape index (κ1) is 14.0. The fourth-order valence-electron chi connectivity index (χ4n) is 1.49. The summed E-state index contributed by atoms with van der Waals surface area (Å²) in [6, 6.07) is 5.89. The Morgan fingerprint density at radius 2 is 1.88 bits per heavy atom. The van der Waals surface area contributed by atoms with Crippen molar-refractivity contribution in [1.82, 2.24) is 0 Å². The van der Waals surface area contributed by atoms with Crippen LogP contribution in [0.1, 0.15) is 20.8 Å². The van der Waals surface area contributed by atoms with Crippen molar-refractivity contribution in [2.24, 2.45) is 5.41 Å². The number of nitrogens with zero attached hydrogens (tertiary/aromatic N) is 1. The maximum atomic E-state index is 12.8. The molecule has 4 heteroatoms. The van der Waals surface area contributed by atoms with Crippen LogP contribution < -0.4 is 4.90 Å². The quantitative estimate of drug-likeness (QED) is 0.757. The molecule has 1 rings (SSSR count). The van der Waals surface area contributed by atoms with Crippen LogP contribution >= 0.6 is 11.6 Å². The van der Waals surface area contributed by atoms with E-state index in [-0.39, 0.29) is 17.6 Å². The Bertz CT molecular complexity index is 389. The van der Waals surface area contributed by atoms with Gasteiger partial charge in [0.1, 0.15) is 5.82 Å². The molecule has 0 aliphatic rings. The molecule has 0 bridgehead atoms. The number of hydrogen-bond donors (Lipinski definition) is 0. The summed E-state index contributed by atoms with van der Waals surface area (Å²) in [6.07, 6.45) is 0. The Morgan fingerprint density at radius 1 is 1.35 bits per heavy atom. The molecule has 0 heterocycles. The zero-order chi connectivity index (χ0) is 13.1. The molecule has 0 aliphatic carbocycles. The highest BCUT2D eigenvalue weighted by Gasteiger charge is 2.31. The number of rotatable bonds is 4. The van der Waals surface area contributed by atoms with E-state index in [1.807, 2.05) is 6.92 Å². The summed E-state index contributed by atoms with van der Waals surface area (Å²) in [5.41, 5.74) is 0.0727. The Balaban J connectivity index is 3.00. The highest BCUT2D eigenvalue weighted by molar-refractivity contribution is 6.20. The van der Waals surface area contributed by atoms with Gasteiger partial charge < -0.3 is 4.90 Å². The summed E-state index contributed by atoms with van der Waals surface area (Å²) >= 11 is 5.79. The molecular weight excluding hydrogens is 241 g/mol. The number of halogens is 2. The van der Waals surface area contributed by atoms with Gasteiger partial charge in [-0.1, -0.05) is 0 Å². The van der Waals surface area contributed by atoms with Crippen molar-refractivity contribution < 1.29 is 9.18 Å². The Kier molecular flexibility index (Phi) is 4.52. The van der Waals surface area contributed by atoms with Gasteiger partial charge in [-0.3, -0.25) is 4.79 Å². The Hall–Kier alpha value is -1.09. The smallest absolute Gasteiger partial charge is 0.233 e. The second-order valence-electron chi connectivity index (χ2n) is 4.54. The molecule has 94 valence electrons. The minimum absolute atomic E-state index is 0.0541. The van der Waals surface area contributed by atoms with E-state index in [0.717, 1.165) is 0 Å². The second-order valence-corrected chi connectivity index (χ2v) is 4.81. The fraction of sp³-hybridized carbons (Fsp3) is 0.462. The first-order chi connectivity index (χ1) is 7.92. The molecule has 0 unspecified atom stereocenters. The molecule has 0 N–H and O–H groups in total. The van der Waals surface area contributed by atoms with Gasteiger partial charge in [0.15, 0.2) is 0 Å². The molecule has 0 fully saturated rings. The van der Waals surface area contributed by atoms with Crippen LogP contribution in [0.25, 0.3) is 0 Å². The number of carbonyl (C=O) groups excluding carboxylic acids is 1. The number of amides is 1. The molecule has 0 radical (unpaired) electrons. The van der Waals surface area contributed by atoms with Crippen molar-refractivity contribution in [3.63, 3.8) is 0 Å². The third-order valence-corrected chi connectivity index (χ3v) is 3.28. The van der Waals surface area contributed by atoms with Crippen LogP contribution in [-0.2, 0) is 4.79 Å². The van der Waals surface area contributed by atoms with Crippen LogP contribution in [0.2, 0.25) is 0 Å². The molecule has 0 atom stereocenters. The number of hydrogen-bond acceptors (Lipinski definition) is 1. The lowest BCUT2D eigenvalue weighted by Crippen LogP contribution is -2.42. The molecular formula is C13H17ClFNO. The largest absolute Gasteiger partial charge is 0.312 e. The summed E-state index contributed by atoms with van der Waals surface area (Å²) in [5.74, 6) is -0.112. The van der Waals surface area contributed by atoms with Crippen LogP contribution in [0.3, 0.4) is 0 Å². The van der Waals surface area contributed by atoms with Gasteiger partial charge in [-0.2, -0.15) is 0 Å². The molecule has 0 saturated carbocycles. The highest BCUT2D eigenvalue weighted by Crippen LogP contribution is 2.25. The summed E-state index contributed by atoms with van der Waals surface area (Å²) in [6.45, 7) is 6.01. The van der Waals surface area contributed by atoms with Crippen molar-refractivity contribution in [1.29, 1.82) is 0 Å². The van der Waals surface area contributed by atoms with Gasteiger partial charge in [0.05, 0.1) is 5.41 Å². The van der Waals surface area contributed by atoms with Crippen LogP contribution in [0.15, 0.2) is 24.3 Å². The lowest BCUT2D eigenvalue weighted by molar-refractivity contribution is -0.125. The van der Waals surface area contributed by atoms with E-state index in [4.69, 9.17) is 11.6 Å². The van der Waals surface area contributed by atoms with E-state index in [1.54, 1.807) is 30.9 Å². The predicted molar refractivity (Wildman–Crippen MR) is 68.9 cm³/mol. The van der Waals surface area contributed by atoms with E-state index in [2.05, 4.69) is 0 Å². The zero-order valence-electron chi connectivity index (χ0n) is 10.3. The third kappa shape index (κ3) is 3.19. The molecule has 2 nitrogen and oxygen atoms in total. The molecule has 0 aromatic heterocycles. The Morgan fingerprint density at radius 3 is 2.29 bits per heavy atom. The first-order valence-corrected chi connectivity index (χ1v) is 6.09. The number of anilines is 1. The predicted octanol–water partition coefficient (Wildman–Crippen LogP) is 3.44. The maximum absolute atomic E-state index is 12.8. The molecule has 17 heavy (non-hydrogen) atoms. The standard InChI is InChI=1S/C13H17ClFNO/c1-4-16(12(17)13(2,3)9-14)11-7-5-10(15)6-8-11/h5-8H,4,9H2,1-3H3. The van der Waals surface area contributed by atoms with E-state index in [0.29, 0.717) is 12.2 Å². The van der Waals surface area contributed by atoms with E-state index in [1.165, 1.54) is 12.1 Å². The number of benzene rings is 1. The first-order valence-electron chi connectivity index (χ1n) is 5.56. The third-order valence-electron chi connectivity index (χ3n) is 2.61. The molecule has 0 spiro atoms. The minimum Gasteiger partial charge on any atom is -0.312 e. The fourth-order valence-corrected chi connectivity index (χ4v) is 1.60. The highest BCUT2D eigenvalue weighted by atomic mass is 35.5. The monoisotopic (exact) mass is 257 g/mol. The SMILES string of the molecule is CCN(C(=O)C(C)(C)CCl)c1ccc(F)cc1. The van der Waals surface area contributed by atoms with Crippen LogP contribution in [0, 0.1) is 11.2 Å². The summed E-state index contributed by atoms with van der Waals surface area (Å²) in [5, 5.41) is 0.